The summed E-state index contributed by atoms with van der Waals surface area (Å²) in [4.78, 5) is 22.1. The zero-order valence-electron chi connectivity index (χ0n) is 21.1. The van der Waals surface area contributed by atoms with Gasteiger partial charge in [0.15, 0.2) is 0 Å². The predicted octanol–water partition coefficient (Wildman–Crippen LogP) is 7.14. The molecule has 0 bridgehead atoms. The number of amides is 2. The summed E-state index contributed by atoms with van der Waals surface area (Å²) in [5, 5.41) is 5.36. The van der Waals surface area contributed by atoms with E-state index < -0.39 is 0 Å². The lowest BCUT2D eigenvalue weighted by atomic mass is 9.90. The van der Waals surface area contributed by atoms with Crippen molar-refractivity contribution in [3.63, 3.8) is 0 Å². The Labute approximate surface area is 226 Å². The fourth-order valence-electron chi connectivity index (χ4n) is 5.77. The standard InChI is InChI=1S/C31H31BrN4O/c1-35-15-10-21(11-16-35)18-24-20-30-23(19-28(24)32)12-17-36(30)31(37)34-29-7-6-25(22-8-13-33-14-9-22)26-4-2-3-5-27(26)29/h2-9,13-14,19-21H,10-12,15-18H2,1H3,(H,34,37). The molecule has 0 saturated carbocycles. The molecule has 4 aromatic rings. The number of carbonyl (C=O) groups excluding carboxylic acids is 1. The largest absolute Gasteiger partial charge is 0.326 e. The number of nitrogens with one attached hydrogen (secondary N) is 1. The van der Waals surface area contributed by atoms with Crippen LogP contribution >= 0.6 is 15.9 Å². The first-order chi connectivity index (χ1) is 18.1. The fourth-order valence-corrected chi connectivity index (χ4v) is 6.32. The van der Waals surface area contributed by atoms with Crippen molar-refractivity contribution in [3.05, 3.63) is 88.7 Å². The second kappa shape index (κ2) is 10.3. The van der Waals surface area contributed by atoms with E-state index in [1.165, 1.54) is 28.4 Å². The summed E-state index contributed by atoms with van der Waals surface area (Å²) < 4.78 is 1.17. The normalized spacial score (nSPS) is 16.2. The number of benzene rings is 3. The Kier molecular flexibility index (Phi) is 6.70. The second-order valence-corrected chi connectivity index (χ2v) is 11.2. The average Bonchev–Trinajstić information content (AvgIpc) is 3.33. The maximum absolute atomic E-state index is 13.6. The van der Waals surface area contributed by atoms with Crippen LogP contribution in [-0.2, 0) is 12.8 Å². The van der Waals surface area contributed by atoms with E-state index in [2.05, 4.69) is 68.5 Å². The number of carbonyl (C=O) groups is 1. The quantitative estimate of drug-likeness (QED) is 0.291. The molecule has 3 aromatic carbocycles. The molecule has 5 nitrogen and oxygen atoms in total. The van der Waals surface area contributed by atoms with E-state index in [4.69, 9.17) is 0 Å². The minimum absolute atomic E-state index is 0.0758. The van der Waals surface area contributed by atoms with E-state index in [1.807, 2.05) is 47.6 Å². The molecule has 6 rings (SSSR count). The van der Waals surface area contributed by atoms with Crippen LogP contribution in [0.4, 0.5) is 16.2 Å². The summed E-state index contributed by atoms with van der Waals surface area (Å²) in [5.41, 5.74) is 6.65. The molecule has 6 heteroatoms. The highest BCUT2D eigenvalue weighted by molar-refractivity contribution is 9.10. The number of likely N-dealkylation sites (tertiary alicyclic amines) is 1. The minimum atomic E-state index is -0.0758. The van der Waals surface area contributed by atoms with Gasteiger partial charge in [-0.15, -0.1) is 0 Å². The van der Waals surface area contributed by atoms with Gasteiger partial charge in [0.25, 0.3) is 0 Å². The van der Waals surface area contributed by atoms with Gasteiger partial charge in [-0.2, -0.15) is 0 Å². The number of pyridine rings is 1. The van der Waals surface area contributed by atoms with Crippen LogP contribution in [0.3, 0.4) is 0 Å². The molecule has 2 aliphatic rings. The number of nitrogens with zero attached hydrogens (tertiary/aromatic N) is 3. The first kappa shape index (κ1) is 24.1. The van der Waals surface area contributed by atoms with E-state index in [9.17, 15) is 4.79 Å². The van der Waals surface area contributed by atoms with Gasteiger partial charge in [0.05, 0.1) is 5.69 Å². The van der Waals surface area contributed by atoms with Gasteiger partial charge in [-0.05, 0) is 110 Å². The molecule has 1 aromatic heterocycles. The van der Waals surface area contributed by atoms with Crippen molar-refractivity contribution >= 4 is 44.1 Å². The lowest BCUT2D eigenvalue weighted by Gasteiger charge is -2.29. The molecule has 1 saturated heterocycles. The summed E-state index contributed by atoms with van der Waals surface area (Å²) >= 11 is 3.82. The van der Waals surface area contributed by atoms with Crippen LogP contribution in [0.15, 0.2) is 77.5 Å². The number of halogens is 1. The fraction of sp³-hybridized carbons (Fsp3) is 0.290. The first-order valence-electron chi connectivity index (χ1n) is 13.1. The molecule has 37 heavy (non-hydrogen) atoms. The van der Waals surface area contributed by atoms with Gasteiger partial charge in [-0.25, -0.2) is 4.79 Å². The molecule has 1 N–H and O–H groups in total. The number of hydrogen-bond donors (Lipinski definition) is 1. The van der Waals surface area contributed by atoms with Crippen molar-refractivity contribution < 1.29 is 4.79 Å². The summed E-state index contributed by atoms with van der Waals surface area (Å²) in [5.74, 6) is 0.694. The van der Waals surface area contributed by atoms with Gasteiger partial charge >= 0.3 is 6.03 Å². The van der Waals surface area contributed by atoms with Crippen LogP contribution in [-0.4, -0.2) is 42.6 Å². The van der Waals surface area contributed by atoms with Crippen molar-refractivity contribution in [1.29, 1.82) is 0 Å². The van der Waals surface area contributed by atoms with Crippen LogP contribution < -0.4 is 10.2 Å². The second-order valence-electron chi connectivity index (χ2n) is 10.3. The third kappa shape index (κ3) is 4.88. The van der Waals surface area contributed by atoms with Crippen molar-refractivity contribution in [3.8, 4) is 11.1 Å². The number of rotatable bonds is 4. The highest BCUT2D eigenvalue weighted by atomic mass is 79.9. The third-order valence-electron chi connectivity index (χ3n) is 7.89. The van der Waals surface area contributed by atoms with Crippen molar-refractivity contribution in [2.24, 2.45) is 5.92 Å². The Morgan fingerprint density at radius 3 is 2.54 bits per heavy atom. The number of urea groups is 1. The highest BCUT2D eigenvalue weighted by Gasteiger charge is 2.27. The van der Waals surface area contributed by atoms with E-state index in [0.29, 0.717) is 12.5 Å². The van der Waals surface area contributed by atoms with E-state index >= 15 is 0 Å². The Morgan fingerprint density at radius 2 is 1.76 bits per heavy atom. The number of aromatic nitrogens is 1. The molecule has 0 atom stereocenters. The molecular weight excluding hydrogens is 524 g/mol. The van der Waals surface area contributed by atoms with Crippen molar-refractivity contribution in [2.45, 2.75) is 25.7 Å². The number of piperidine rings is 1. The Hall–Kier alpha value is -3.22. The predicted molar refractivity (Wildman–Crippen MR) is 155 cm³/mol. The molecular formula is C31H31BrN4O. The maximum atomic E-state index is 13.6. The van der Waals surface area contributed by atoms with Crippen LogP contribution in [0.5, 0.6) is 0 Å². The van der Waals surface area contributed by atoms with Crippen molar-refractivity contribution in [1.82, 2.24) is 9.88 Å². The molecule has 3 heterocycles. The summed E-state index contributed by atoms with van der Waals surface area (Å²) in [6.07, 6.45) is 8.00. The molecule has 2 amide bonds. The van der Waals surface area contributed by atoms with Crippen molar-refractivity contribution in [2.75, 3.05) is 36.9 Å². The van der Waals surface area contributed by atoms with Gasteiger partial charge in [0.1, 0.15) is 0 Å². The van der Waals surface area contributed by atoms with Gasteiger partial charge in [-0.1, -0.05) is 46.3 Å². The maximum Gasteiger partial charge on any atom is 0.326 e. The summed E-state index contributed by atoms with van der Waals surface area (Å²) in [7, 11) is 2.20. The molecule has 188 valence electrons. The number of fused-ring (bicyclic) bond motifs is 2. The molecule has 0 radical (unpaired) electrons. The Balaban J connectivity index is 1.26. The minimum Gasteiger partial charge on any atom is -0.307 e. The van der Waals surface area contributed by atoms with E-state index in [1.54, 1.807) is 0 Å². The highest BCUT2D eigenvalue weighted by Crippen LogP contribution is 2.37. The third-order valence-corrected chi connectivity index (χ3v) is 8.63. The van der Waals surface area contributed by atoms with Crippen LogP contribution in [0.2, 0.25) is 0 Å². The first-order valence-corrected chi connectivity index (χ1v) is 13.9. The van der Waals surface area contributed by atoms with Gasteiger partial charge in [0, 0.05) is 34.5 Å². The SMILES string of the molecule is CN1CCC(Cc2cc3c(cc2Br)CCN3C(=O)Nc2ccc(-c3ccncc3)c3ccccc23)CC1. The average molecular weight is 556 g/mol. The lowest BCUT2D eigenvalue weighted by Crippen LogP contribution is -2.33. The van der Waals surface area contributed by atoms with Crippen LogP contribution in [0.1, 0.15) is 24.0 Å². The lowest BCUT2D eigenvalue weighted by molar-refractivity contribution is 0.219. The smallest absolute Gasteiger partial charge is 0.307 e. The molecule has 1 fully saturated rings. The van der Waals surface area contributed by atoms with Crippen LogP contribution in [0.25, 0.3) is 21.9 Å². The van der Waals surface area contributed by atoms with Gasteiger partial charge in [-0.3, -0.25) is 9.88 Å². The number of anilines is 2. The zero-order chi connectivity index (χ0) is 25.4. The summed E-state index contributed by atoms with van der Waals surface area (Å²) in [6, 6.07) is 20.8. The Bertz CT molecular complexity index is 1450. The monoisotopic (exact) mass is 554 g/mol. The number of hydrogen-bond acceptors (Lipinski definition) is 3. The van der Waals surface area contributed by atoms with Crippen LogP contribution in [0, 0.1) is 5.92 Å². The van der Waals surface area contributed by atoms with Gasteiger partial charge < -0.3 is 10.2 Å². The molecule has 0 unspecified atom stereocenters. The van der Waals surface area contributed by atoms with Gasteiger partial charge in [0.2, 0.25) is 0 Å². The Morgan fingerprint density at radius 1 is 1.00 bits per heavy atom. The topological polar surface area (TPSA) is 48.5 Å². The molecule has 0 spiro atoms. The molecule has 0 aliphatic carbocycles. The van der Waals surface area contributed by atoms with E-state index in [-0.39, 0.29) is 6.03 Å². The molecule has 2 aliphatic heterocycles. The zero-order valence-corrected chi connectivity index (χ0v) is 22.7. The van der Waals surface area contributed by atoms with E-state index in [0.717, 1.165) is 59.2 Å². The summed E-state index contributed by atoms with van der Waals surface area (Å²) in [6.45, 7) is 3.02.